The molecule has 4 aromatic rings. The third kappa shape index (κ3) is 5.30. The van der Waals surface area contributed by atoms with E-state index in [1.807, 2.05) is 57.2 Å². The number of ether oxygens (including phenoxy) is 1. The van der Waals surface area contributed by atoms with E-state index in [1.165, 1.54) is 4.68 Å². The molecule has 1 heterocycles. The van der Waals surface area contributed by atoms with Gasteiger partial charge in [0.25, 0.3) is 11.5 Å². The summed E-state index contributed by atoms with van der Waals surface area (Å²) < 4.78 is 6.61. The van der Waals surface area contributed by atoms with Crippen LogP contribution in [-0.4, -0.2) is 38.7 Å². The standard InChI is InChI=1S/C28H27N3O4/c1-28(2,3)30(18-20-12-6-4-7-13-20)24(32)19-35-27(34)25-22-16-10-11-17-23(22)26(33)31(29-25)21-14-8-5-9-15-21/h4-17H,18-19H2,1-3H3. The summed E-state index contributed by atoms with van der Waals surface area (Å²) in [5.74, 6) is -1.09. The lowest BCUT2D eigenvalue weighted by atomic mass is 10.0. The van der Waals surface area contributed by atoms with Crippen LogP contribution in [0.3, 0.4) is 0 Å². The fraction of sp³-hybridized carbons (Fsp3) is 0.214. The Morgan fingerprint density at radius 3 is 2.06 bits per heavy atom. The second-order valence-electron chi connectivity index (χ2n) is 9.16. The number of nitrogens with zero attached hydrogens (tertiary/aromatic N) is 3. The highest BCUT2D eigenvalue weighted by Crippen LogP contribution is 2.19. The first kappa shape index (κ1) is 23.9. The van der Waals surface area contributed by atoms with Crippen LogP contribution in [0.25, 0.3) is 16.5 Å². The van der Waals surface area contributed by atoms with Crippen molar-refractivity contribution in [2.45, 2.75) is 32.9 Å². The van der Waals surface area contributed by atoms with Crippen LogP contribution in [0, 0.1) is 0 Å². The molecular weight excluding hydrogens is 442 g/mol. The van der Waals surface area contributed by atoms with E-state index in [4.69, 9.17) is 4.74 Å². The molecule has 0 spiro atoms. The zero-order valence-corrected chi connectivity index (χ0v) is 20.0. The Labute approximate surface area is 203 Å². The lowest BCUT2D eigenvalue weighted by molar-refractivity contribution is -0.140. The Kier molecular flexibility index (Phi) is 6.78. The number of esters is 1. The van der Waals surface area contributed by atoms with Gasteiger partial charge in [-0.25, -0.2) is 4.79 Å². The van der Waals surface area contributed by atoms with Gasteiger partial charge in [-0.1, -0.05) is 66.7 Å². The van der Waals surface area contributed by atoms with Crippen LogP contribution in [0.5, 0.6) is 0 Å². The van der Waals surface area contributed by atoms with Crippen LogP contribution in [0.4, 0.5) is 0 Å². The first-order chi connectivity index (χ1) is 16.8. The van der Waals surface area contributed by atoms with Gasteiger partial charge in [0, 0.05) is 17.5 Å². The first-order valence-corrected chi connectivity index (χ1v) is 11.3. The molecule has 0 atom stereocenters. The summed E-state index contributed by atoms with van der Waals surface area (Å²) in [6.07, 6.45) is 0. The molecule has 0 radical (unpaired) electrons. The van der Waals surface area contributed by atoms with Crippen molar-refractivity contribution in [2.24, 2.45) is 0 Å². The summed E-state index contributed by atoms with van der Waals surface area (Å²) >= 11 is 0. The number of carbonyl (C=O) groups is 2. The molecule has 178 valence electrons. The maximum Gasteiger partial charge on any atom is 0.359 e. The minimum absolute atomic E-state index is 0.0257. The van der Waals surface area contributed by atoms with Crippen molar-refractivity contribution in [3.05, 3.63) is 107 Å². The SMILES string of the molecule is CC(C)(C)N(Cc1ccccc1)C(=O)COC(=O)c1nn(-c2ccccc2)c(=O)c2ccccc12. The van der Waals surface area contributed by atoms with E-state index in [1.54, 1.807) is 53.4 Å². The van der Waals surface area contributed by atoms with E-state index in [0.717, 1.165) is 5.56 Å². The number of aromatic nitrogens is 2. The number of amides is 1. The van der Waals surface area contributed by atoms with Gasteiger partial charge in [0.2, 0.25) is 0 Å². The predicted octanol–water partition coefficient (Wildman–Crippen LogP) is 4.37. The van der Waals surface area contributed by atoms with Gasteiger partial charge in [-0.3, -0.25) is 9.59 Å². The number of rotatable bonds is 6. The van der Waals surface area contributed by atoms with Gasteiger partial charge in [0.1, 0.15) is 0 Å². The monoisotopic (exact) mass is 469 g/mol. The molecule has 1 aromatic heterocycles. The molecule has 7 nitrogen and oxygen atoms in total. The van der Waals surface area contributed by atoms with E-state index in [-0.39, 0.29) is 17.2 Å². The number of para-hydroxylation sites is 1. The fourth-order valence-corrected chi connectivity index (χ4v) is 3.82. The number of carbonyl (C=O) groups excluding carboxylic acids is 2. The third-order valence-corrected chi connectivity index (χ3v) is 5.62. The Balaban J connectivity index is 1.61. The Bertz CT molecular complexity index is 1410. The summed E-state index contributed by atoms with van der Waals surface area (Å²) in [4.78, 5) is 40.9. The summed E-state index contributed by atoms with van der Waals surface area (Å²) in [5.41, 5.74) is 0.647. The smallest absolute Gasteiger partial charge is 0.359 e. The predicted molar refractivity (Wildman–Crippen MR) is 134 cm³/mol. The average Bonchev–Trinajstić information content (AvgIpc) is 2.86. The van der Waals surface area contributed by atoms with Crippen molar-refractivity contribution >= 4 is 22.6 Å². The quantitative estimate of drug-likeness (QED) is 0.392. The van der Waals surface area contributed by atoms with Crippen molar-refractivity contribution in [3.8, 4) is 5.69 Å². The zero-order chi connectivity index (χ0) is 25.0. The lowest BCUT2D eigenvalue weighted by Gasteiger charge is -2.35. The van der Waals surface area contributed by atoms with Crippen molar-refractivity contribution < 1.29 is 14.3 Å². The molecule has 0 N–H and O–H groups in total. The van der Waals surface area contributed by atoms with Gasteiger partial charge in [-0.2, -0.15) is 9.78 Å². The second kappa shape index (κ2) is 9.93. The number of hydrogen-bond donors (Lipinski definition) is 0. The van der Waals surface area contributed by atoms with Crippen molar-refractivity contribution in [1.29, 1.82) is 0 Å². The van der Waals surface area contributed by atoms with Gasteiger partial charge in [-0.15, -0.1) is 0 Å². The molecular formula is C28H27N3O4. The van der Waals surface area contributed by atoms with Gasteiger partial charge in [-0.05, 0) is 44.5 Å². The minimum atomic E-state index is -0.771. The summed E-state index contributed by atoms with van der Waals surface area (Å²) in [5, 5.41) is 5.03. The summed E-state index contributed by atoms with van der Waals surface area (Å²) in [6.45, 7) is 5.74. The minimum Gasteiger partial charge on any atom is -0.451 e. The highest BCUT2D eigenvalue weighted by molar-refractivity contribution is 6.02. The topological polar surface area (TPSA) is 81.5 Å². The number of hydrogen-bond acceptors (Lipinski definition) is 5. The summed E-state index contributed by atoms with van der Waals surface area (Å²) in [6, 6.07) is 25.2. The molecule has 0 bridgehead atoms. The molecule has 3 aromatic carbocycles. The Morgan fingerprint density at radius 2 is 1.43 bits per heavy atom. The van der Waals surface area contributed by atoms with Crippen LogP contribution in [0.1, 0.15) is 36.8 Å². The Morgan fingerprint density at radius 1 is 0.857 bits per heavy atom. The zero-order valence-electron chi connectivity index (χ0n) is 20.0. The first-order valence-electron chi connectivity index (χ1n) is 11.3. The second-order valence-corrected chi connectivity index (χ2v) is 9.16. The maximum absolute atomic E-state index is 13.1. The molecule has 4 rings (SSSR count). The van der Waals surface area contributed by atoms with Crippen molar-refractivity contribution in [1.82, 2.24) is 14.7 Å². The molecule has 0 saturated carbocycles. The van der Waals surface area contributed by atoms with Crippen LogP contribution < -0.4 is 5.56 Å². The van der Waals surface area contributed by atoms with E-state index in [2.05, 4.69) is 5.10 Å². The van der Waals surface area contributed by atoms with Crippen molar-refractivity contribution in [2.75, 3.05) is 6.61 Å². The normalized spacial score (nSPS) is 11.3. The largest absolute Gasteiger partial charge is 0.451 e. The number of fused-ring (bicyclic) bond motifs is 1. The van der Waals surface area contributed by atoms with E-state index in [0.29, 0.717) is 23.0 Å². The molecule has 0 aliphatic rings. The fourth-order valence-electron chi connectivity index (χ4n) is 3.82. The molecule has 1 amide bonds. The van der Waals surface area contributed by atoms with Crippen LogP contribution in [0.2, 0.25) is 0 Å². The molecule has 7 heteroatoms. The van der Waals surface area contributed by atoms with Crippen LogP contribution >= 0.6 is 0 Å². The highest BCUT2D eigenvalue weighted by Gasteiger charge is 2.28. The lowest BCUT2D eigenvalue weighted by Crippen LogP contribution is -2.46. The van der Waals surface area contributed by atoms with E-state index >= 15 is 0 Å². The highest BCUT2D eigenvalue weighted by atomic mass is 16.5. The summed E-state index contributed by atoms with van der Waals surface area (Å²) in [7, 11) is 0. The van der Waals surface area contributed by atoms with Crippen LogP contribution in [0.15, 0.2) is 89.7 Å². The molecule has 0 aliphatic carbocycles. The van der Waals surface area contributed by atoms with Gasteiger partial charge >= 0.3 is 5.97 Å². The molecule has 0 unspecified atom stereocenters. The van der Waals surface area contributed by atoms with Gasteiger partial charge < -0.3 is 9.64 Å². The third-order valence-electron chi connectivity index (χ3n) is 5.62. The van der Waals surface area contributed by atoms with E-state index in [9.17, 15) is 14.4 Å². The maximum atomic E-state index is 13.1. The average molecular weight is 470 g/mol. The van der Waals surface area contributed by atoms with Gasteiger partial charge in [0.15, 0.2) is 12.3 Å². The molecule has 35 heavy (non-hydrogen) atoms. The Hall–Kier alpha value is -4.26. The molecule has 0 aliphatic heterocycles. The van der Waals surface area contributed by atoms with Crippen LogP contribution in [-0.2, 0) is 16.1 Å². The molecule has 0 saturated heterocycles. The van der Waals surface area contributed by atoms with Crippen molar-refractivity contribution in [3.63, 3.8) is 0 Å². The van der Waals surface area contributed by atoms with E-state index < -0.39 is 18.1 Å². The number of benzene rings is 3. The molecule has 0 fully saturated rings. The van der Waals surface area contributed by atoms with Gasteiger partial charge in [0.05, 0.1) is 11.1 Å².